The van der Waals surface area contributed by atoms with E-state index in [0.29, 0.717) is 5.52 Å². The standard InChI is InChI=1S/C15H11BrFN3O3S/c16-12-5-4-10(7-13(12)17)9-24(22,23)19-15(21)11-8-18-20-6-2-1-3-14(11)20/h1-8H,9H2,(H,19,21). The zero-order valence-corrected chi connectivity index (χ0v) is 14.5. The molecule has 9 heteroatoms. The summed E-state index contributed by atoms with van der Waals surface area (Å²) in [5.74, 6) is -1.87. The van der Waals surface area contributed by atoms with Gasteiger partial charge in [-0.15, -0.1) is 0 Å². The molecule has 0 aliphatic carbocycles. The zero-order valence-electron chi connectivity index (χ0n) is 12.1. The van der Waals surface area contributed by atoms with Crippen LogP contribution in [-0.4, -0.2) is 23.9 Å². The average molecular weight is 412 g/mol. The smallest absolute Gasteiger partial charge is 0.268 e. The molecule has 1 N–H and O–H groups in total. The van der Waals surface area contributed by atoms with Crippen LogP contribution in [-0.2, 0) is 15.8 Å². The highest BCUT2D eigenvalue weighted by Gasteiger charge is 2.20. The molecule has 0 saturated carbocycles. The molecule has 0 aliphatic rings. The number of fused-ring (bicyclic) bond motifs is 1. The van der Waals surface area contributed by atoms with E-state index >= 15 is 0 Å². The second kappa shape index (κ2) is 6.33. The molecule has 0 fully saturated rings. The molecule has 2 heterocycles. The van der Waals surface area contributed by atoms with Gasteiger partial charge in [-0.2, -0.15) is 5.10 Å². The van der Waals surface area contributed by atoms with E-state index in [-0.39, 0.29) is 15.6 Å². The fourth-order valence-electron chi connectivity index (χ4n) is 2.19. The summed E-state index contributed by atoms with van der Waals surface area (Å²) < 4.78 is 41.4. The summed E-state index contributed by atoms with van der Waals surface area (Å²) in [4.78, 5) is 12.2. The number of pyridine rings is 1. The second-order valence-electron chi connectivity index (χ2n) is 5.03. The first-order valence-electron chi connectivity index (χ1n) is 6.77. The molecule has 2 aromatic heterocycles. The lowest BCUT2D eigenvalue weighted by atomic mass is 10.2. The van der Waals surface area contributed by atoms with Gasteiger partial charge in [-0.3, -0.25) is 4.79 Å². The molecule has 0 unspecified atom stereocenters. The van der Waals surface area contributed by atoms with E-state index in [0.717, 1.165) is 6.07 Å². The average Bonchev–Trinajstić information content (AvgIpc) is 2.94. The molecule has 1 amide bonds. The Hall–Kier alpha value is -2.26. The van der Waals surface area contributed by atoms with Gasteiger partial charge in [0.2, 0.25) is 10.0 Å². The summed E-state index contributed by atoms with van der Waals surface area (Å²) in [7, 11) is -3.98. The number of nitrogens with zero attached hydrogens (tertiary/aromatic N) is 2. The van der Waals surface area contributed by atoms with Crippen molar-refractivity contribution in [2.45, 2.75) is 5.75 Å². The maximum Gasteiger partial charge on any atom is 0.268 e. The number of amides is 1. The lowest BCUT2D eigenvalue weighted by molar-refractivity contribution is 0.0983. The fourth-order valence-corrected chi connectivity index (χ4v) is 3.52. The summed E-state index contributed by atoms with van der Waals surface area (Å²) in [6, 6.07) is 9.08. The molecule has 6 nitrogen and oxygen atoms in total. The molecule has 0 aliphatic heterocycles. The first-order valence-corrected chi connectivity index (χ1v) is 9.21. The minimum absolute atomic E-state index is 0.140. The number of aromatic nitrogens is 2. The van der Waals surface area contributed by atoms with Crippen LogP contribution in [0.5, 0.6) is 0 Å². The summed E-state index contributed by atoms with van der Waals surface area (Å²) in [5, 5.41) is 3.98. The molecule has 124 valence electrons. The van der Waals surface area contributed by atoms with E-state index < -0.39 is 27.5 Å². The summed E-state index contributed by atoms with van der Waals surface area (Å²) >= 11 is 2.99. The number of halogens is 2. The molecule has 0 radical (unpaired) electrons. The number of sulfonamides is 1. The van der Waals surface area contributed by atoms with Crippen LogP contribution in [0.3, 0.4) is 0 Å². The minimum Gasteiger partial charge on any atom is -0.268 e. The topological polar surface area (TPSA) is 80.5 Å². The maximum atomic E-state index is 13.5. The van der Waals surface area contributed by atoms with Crippen molar-refractivity contribution in [2.75, 3.05) is 0 Å². The van der Waals surface area contributed by atoms with Crippen LogP contribution in [0.15, 0.2) is 53.3 Å². The highest BCUT2D eigenvalue weighted by molar-refractivity contribution is 9.10. The van der Waals surface area contributed by atoms with Crippen LogP contribution in [0, 0.1) is 5.82 Å². The van der Waals surface area contributed by atoms with Crippen molar-refractivity contribution in [1.29, 1.82) is 0 Å². The Kier molecular flexibility index (Phi) is 4.37. The van der Waals surface area contributed by atoms with Gasteiger partial charge in [-0.05, 0) is 45.8 Å². The van der Waals surface area contributed by atoms with Crippen LogP contribution < -0.4 is 4.72 Å². The van der Waals surface area contributed by atoms with Crippen molar-refractivity contribution < 1.29 is 17.6 Å². The highest BCUT2D eigenvalue weighted by atomic mass is 79.9. The lowest BCUT2D eigenvalue weighted by Crippen LogP contribution is -2.31. The Balaban J connectivity index is 1.81. The van der Waals surface area contributed by atoms with Gasteiger partial charge < -0.3 is 0 Å². The quantitative estimate of drug-likeness (QED) is 0.714. The first-order chi connectivity index (χ1) is 11.4. The SMILES string of the molecule is O=C(NS(=O)(=O)Cc1ccc(Br)c(F)c1)c1cnn2ccccc12. The Bertz CT molecular complexity index is 1030. The van der Waals surface area contributed by atoms with Crippen molar-refractivity contribution in [3.63, 3.8) is 0 Å². The number of rotatable bonds is 4. The van der Waals surface area contributed by atoms with E-state index in [9.17, 15) is 17.6 Å². The fraction of sp³-hybridized carbons (Fsp3) is 0.0667. The van der Waals surface area contributed by atoms with Gasteiger partial charge in [0.1, 0.15) is 5.82 Å². The molecule has 0 bridgehead atoms. The number of carbonyl (C=O) groups excluding carboxylic acids is 1. The van der Waals surface area contributed by atoms with Gasteiger partial charge in [0.25, 0.3) is 5.91 Å². The summed E-state index contributed by atoms with van der Waals surface area (Å²) in [5.41, 5.74) is 0.858. The Morgan fingerprint density at radius 1 is 1.29 bits per heavy atom. The van der Waals surface area contributed by atoms with Crippen LogP contribution in [0.1, 0.15) is 15.9 Å². The lowest BCUT2D eigenvalue weighted by Gasteiger charge is -2.07. The highest BCUT2D eigenvalue weighted by Crippen LogP contribution is 2.18. The van der Waals surface area contributed by atoms with Gasteiger partial charge in [0.15, 0.2) is 0 Å². The molecule has 3 rings (SSSR count). The number of carbonyl (C=O) groups is 1. The number of hydrogen-bond acceptors (Lipinski definition) is 4. The molecular weight excluding hydrogens is 401 g/mol. The minimum atomic E-state index is -3.98. The van der Waals surface area contributed by atoms with Gasteiger partial charge >= 0.3 is 0 Å². The molecular formula is C15H11BrFN3O3S. The van der Waals surface area contributed by atoms with Crippen molar-refractivity contribution in [3.05, 3.63) is 70.2 Å². The van der Waals surface area contributed by atoms with E-state index in [1.807, 2.05) is 4.72 Å². The molecule has 24 heavy (non-hydrogen) atoms. The van der Waals surface area contributed by atoms with Crippen LogP contribution >= 0.6 is 15.9 Å². The molecule has 0 spiro atoms. The van der Waals surface area contributed by atoms with Gasteiger partial charge in [-0.25, -0.2) is 22.0 Å². The van der Waals surface area contributed by atoms with Crippen LogP contribution in [0.4, 0.5) is 4.39 Å². The summed E-state index contributed by atoms with van der Waals surface area (Å²) in [6.07, 6.45) is 2.94. The first kappa shape index (κ1) is 16.6. The molecule has 0 atom stereocenters. The Labute approximate surface area is 145 Å². The largest absolute Gasteiger partial charge is 0.268 e. The third kappa shape index (κ3) is 3.46. The van der Waals surface area contributed by atoms with Crippen molar-refractivity contribution in [3.8, 4) is 0 Å². The number of nitrogens with one attached hydrogen (secondary N) is 1. The van der Waals surface area contributed by atoms with Crippen molar-refractivity contribution in [2.24, 2.45) is 0 Å². The van der Waals surface area contributed by atoms with Gasteiger partial charge in [0.05, 0.1) is 27.5 Å². The predicted molar refractivity (Wildman–Crippen MR) is 89.4 cm³/mol. The van der Waals surface area contributed by atoms with E-state index in [4.69, 9.17) is 0 Å². The Morgan fingerprint density at radius 3 is 2.83 bits per heavy atom. The maximum absolute atomic E-state index is 13.5. The third-order valence-electron chi connectivity index (χ3n) is 3.26. The Morgan fingerprint density at radius 2 is 2.08 bits per heavy atom. The number of hydrogen-bond donors (Lipinski definition) is 1. The predicted octanol–water partition coefficient (Wildman–Crippen LogP) is 2.50. The number of benzene rings is 1. The molecule has 1 aromatic carbocycles. The van der Waals surface area contributed by atoms with E-state index in [1.165, 1.54) is 22.8 Å². The third-order valence-corrected chi connectivity index (χ3v) is 5.11. The van der Waals surface area contributed by atoms with Gasteiger partial charge in [-0.1, -0.05) is 12.1 Å². The van der Waals surface area contributed by atoms with Crippen LogP contribution in [0.25, 0.3) is 5.52 Å². The normalized spacial score (nSPS) is 11.6. The zero-order chi connectivity index (χ0) is 17.3. The van der Waals surface area contributed by atoms with Gasteiger partial charge in [0, 0.05) is 6.20 Å². The van der Waals surface area contributed by atoms with Crippen LogP contribution in [0.2, 0.25) is 0 Å². The molecule has 0 saturated heterocycles. The monoisotopic (exact) mass is 411 g/mol. The van der Waals surface area contributed by atoms with E-state index in [1.54, 1.807) is 24.4 Å². The van der Waals surface area contributed by atoms with Crippen molar-refractivity contribution in [1.82, 2.24) is 14.3 Å². The summed E-state index contributed by atoms with van der Waals surface area (Å²) in [6.45, 7) is 0. The molecule has 3 aromatic rings. The van der Waals surface area contributed by atoms with E-state index in [2.05, 4.69) is 21.0 Å². The van der Waals surface area contributed by atoms with Crippen molar-refractivity contribution >= 4 is 37.4 Å². The second-order valence-corrected chi connectivity index (χ2v) is 7.60.